The molecule has 0 rings (SSSR count). The molecule has 0 aliphatic rings. The zero-order valence-electron chi connectivity index (χ0n) is 3.01. The number of aliphatic hydroxyl groups excluding tert-OH is 1. The molecule has 0 aromatic carbocycles. The van der Waals surface area contributed by atoms with E-state index in [4.69, 9.17) is 10.2 Å². The SMILES string of the molecule is O=C(O)NCO. The molecule has 4 heteroatoms. The van der Waals surface area contributed by atoms with Crippen LogP contribution in [0.5, 0.6) is 0 Å². The van der Waals surface area contributed by atoms with Crippen molar-refractivity contribution < 1.29 is 15.0 Å². The van der Waals surface area contributed by atoms with Crippen molar-refractivity contribution in [1.82, 2.24) is 5.32 Å². The Morgan fingerprint density at radius 3 is 2.33 bits per heavy atom. The molecular formula is C2H5NO3. The maximum Gasteiger partial charge on any atom is 0.406 e. The predicted octanol–water partition coefficient (Wildman–Crippen LogP) is -0.796. The van der Waals surface area contributed by atoms with Gasteiger partial charge in [0.05, 0.1) is 0 Å². The van der Waals surface area contributed by atoms with Crippen LogP contribution in [-0.4, -0.2) is 23.0 Å². The summed E-state index contributed by atoms with van der Waals surface area (Å²) in [6.45, 7) is -0.519. The van der Waals surface area contributed by atoms with Crippen molar-refractivity contribution in [3.63, 3.8) is 0 Å². The fourth-order valence-electron chi connectivity index (χ4n) is 0.0676. The van der Waals surface area contributed by atoms with Crippen molar-refractivity contribution in [2.24, 2.45) is 0 Å². The van der Waals surface area contributed by atoms with Gasteiger partial charge in [-0.15, -0.1) is 0 Å². The first-order chi connectivity index (χ1) is 2.77. The van der Waals surface area contributed by atoms with E-state index in [0.717, 1.165) is 0 Å². The number of carboxylic acid groups (broad SMARTS) is 1. The molecule has 0 atom stereocenters. The molecule has 0 spiro atoms. The Kier molecular flexibility index (Phi) is 2.15. The van der Waals surface area contributed by atoms with Crippen LogP contribution < -0.4 is 5.32 Å². The summed E-state index contributed by atoms with van der Waals surface area (Å²) in [5.41, 5.74) is 0. The van der Waals surface area contributed by atoms with Crippen LogP contribution in [0.25, 0.3) is 0 Å². The number of hydrogen-bond donors (Lipinski definition) is 3. The average molecular weight is 91.1 g/mol. The Morgan fingerprint density at radius 1 is 1.83 bits per heavy atom. The number of aliphatic hydroxyl groups is 1. The van der Waals surface area contributed by atoms with Crippen LogP contribution in [0.1, 0.15) is 0 Å². The van der Waals surface area contributed by atoms with Gasteiger partial charge in [0.25, 0.3) is 0 Å². The minimum absolute atomic E-state index is 0.519. The van der Waals surface area contributed by atoms with Crippen molar-refractivity contribution in [1.29, 1.82) is 0 Å². The van der Waals surface area contributed by atoms with Crippen molar-refractivity contribution >= 4 is 6.09 Å². The van der Waals surface area contributed by atoms with E-state index in [0.29, 0.717) is 0 Å². The molecule has 36 valence electrons. The van der Waals surface area contributed by atoms with E-state index in [1.807, 2.05) is 0 Å². The summed E-state index contributed by atoms with van der Waals surface area (Å²) in [7, 11) is 0. The normalized spacial score (nSPS) is 7.50. The molecule has 3 N–H and O–H groups in total. The Hall–Kier alpha value is -0.770. The second-order valence-electron chi connectivity index (χ2n) is 0.640. The number of nitrogens with one attached hydrogen (secondary N) is 1. The summed E-state index contributed by atoms with van der Waals surface area (Å²) >= 11 is 0. The number of rotatable bonds is 1. The smallest absolute Gasteiger partial charge is 0.406 e. The predicted molar refractivity (Wildman–Crippen MR) is 18.2 cm³/mol. The average Bonchev–Trinajstić information content (AvgIpc) is 1.35. The zero-order chi connectivity index (χ0) is 4.99. The molecule has 0 aromatic heterocycles. The summed E-state index contributed by atoms with van der Waals surface area (Å²) < 4.78 is 0. The van der Waals surface area contributed by atoms with Crippen LogP contribution >= 0.6 is 0 Å². The van der Waals surface area contributed by atoms with Gasteiger partial charge in [-0.25, -0.2) is 4.79 Å². The Balaban J connectivity index is 2.83. The monoisotopic (exact) mass is 91.0 g/mol. The van der Waals surface area contributed by atoms with Crippen LogP contribution in [0, 0.1) is 0 Å². The van der Waals surface area contributed by atoms with E-state index in [1.54, 1.807) is 5.32 Å². The number of amides is 1. The van der Waals surface area contributed by atoms with Gasteiger partial charge in [0.2, 0.25) is 0 Å². The van der Waals surface area contributed by atoms with Gasteiger partial charge in [-0.2, -0.15) is 0 Å². The summed E-state index contributed by atoms with van der Waals surface area (Å²) in [5, 5.41) is 17.1. The van der Waals surface area contributed by atoms with Gasteiger partial charge in [0, 0.05) is 0 Å². The van der Waals surface area contributed by atoms with Crippen LogP contribution in [0.3, 0.4) is 0 Å². The molecular weight excluding hydrogens is 86.0 g/mol. The van der Waals surface area contributed by atoms with E-state index in [9.17, 15) is 4.79 Å². The van der Waals surface area contributed by atoms with Gasteiger partial charge in [-0.1, -0.05) is 0 Å². The van der Waals surface area contributed by atoms with Gasteiger partial charge in [-0.3, -0.25) is 5.32 Å². The highest BCUT2D eigenvalue weighted by molar-refractivity contribution is 5.63. The lowest BCUT2D eigenvalue weighted by Gasteiger charge is -1.86. The molecule has 0 unspecified atom stereocenters. The van der Waals surface area contributed by atoms with Gasteiger partial charge in [0.1, 0.15) is 6.73 Å². The summed E-state index contributed by atoms with van der Waals surface area (Å²) in [6, 6.07) is 0. The van der Waals surface area contributed by atoms with E-state index in [2.05, 4.69) is 0 Å². The van der Waals surface area contributed by atoms with Crippen molar-refractivity contribution in [3.8, 4) is 0 Å². The molecule has 0 heterocycles. The Morgan fingerprint density at radius 2 is 2.33 bits per heavy atom. The van der Waals surface area contributed by atoms with Gasteiger partial charge < -0.3 is 10.2 Å². The molecule has 0 saturated carbocycles. The van der Waals surface area contributed by atoms with E-state index in [-0.39, 0.29) is 0 Å². The molecule has 1 amide bonds. The summed E-state index contributed by atoms with van der Waals surface area (Å²) in [6.07, 6.45) is -1.21. The number of hydrogen-bond acceptors (Lipinski definition) is 2. The van der Waals surface area contributed by atoms with Crippen LogP contribution in [0.2, 0.25) is 0 Å². The highest BCUT2D eigenvalue weighted by Gasteiger charge is 1.83. The van der Waals surface area contributed by atoms with Gasteiger partial charge in [0.15, 0.2) is 0 Å². The topological polar surface area (TPSA) is 69.6 Å². The van der Waals surface area contributed by atoms with Crippen LogP contribution in [0.15, 0.2) is 0 Å². The molecule has 0 bridgehead atoms. The van der Waals surface area contributed by atoms with Crippen LogP contribution in [0.4, 0.5) is 4.79 Å². The fraction of sp³-hybridized carbons (Fsp3) is 0.500. The lowest BCUT2D eigenvalue weighted by Crippen LogP contribution is -2.20. The number of carbonyl (C=O) groups is 1. The third-order valence-electron chi connectivity index (χ3n) is 0.230. The first kappa shape index (κ1) is 5.23. The molecule has 0 aliphatic carbocycles. The van der Waals surface area contributed by atoms with Gasteiger partial charge in [-0.05, 0) is 0 Å². The lowest BCUT2D eigenvalue weighted by molar-refractivity contribution is 0.176. The molecule has 4 nitrogen and oxygen atoms in total. The third-order valence-corrected chi connectivity index (χ3v) is 0.230. The third kappa shape index (κ3) is 3.23. The first-order valence-corrected chi connectivity index (χ1v) is 1.35. The zero-order valence-corrected chi connectivity index (χ0v) is 3.01. The Labute approximate surface area is 34.4 Å². The Bertz CT molecular complexity index is 52.8. The highest BCUT2D eigenvalue weighted by atomic mass is 16.4. The largest absolute Gasteiger partial charge is 0.465 e. The molecule has 0 aromatic rings. The molecule has 0 radical (unpaired) electrons. The second-order valence-corrected chi connectivity index (χ2v) is 0.640. The molecule has 0 saturated heterocycles. The summed E-state index contributed by atoms with van der Waals surface area (Å²) in [5.74, 6) is 0. The van der Waals surface area contributed by atoms with Crippen molar-refractivity contribution in [2.75, 3.05) is 6.73 Å². The van der Waals surface area contributed by atoms with Crippen molar-refractivity contribution in [2.45, 2.75) is 0 Å². The maximum absolute atomic E-state index is 9.33. The van der Waals surface area contributed by atoms with E-state index in [1.165, 1.54) is 0 Å². The van der Waals surface area contributed by atoms with E-state index < -0.39 is 12.8 Å². The molecule has 6 heavy (non-hydrogen) atoms. The summed E-state index contributed by atoms with van der Waals surface area (Å²) in [4.78, 5) is 9.33. The van der Waals surface area contributed by atoms with E-state index >= 15 is 0 Å². The highest BCUT2D eigenvalue weighted by Crippen LogP contribution is 1.51. The first-order valence-electron chi connectivity index (χ1n) is 1.35. The van der Waals surface area contributed by atoms with Gasteiger partial charge >= 0.3 is 6.09 Å². The maximum atomic E-state index is 9.33. The van der Waals surface area contributed by atoms with Crippen molar-refractivity contribution in [3.05, 3.63) is 0 Å². The molecule has 0 fully saturated rings. The lowest BCUT2D eigenvalue weighted by atomic mass is 11.1. The molecule has 0 aliphatic heterocycles. The minimum Gasteiger partial charge on any atom is -0.465 e. The quantitative estimate of drug-likeness (QED) is 0.370. The minimum atomic E-state index is -1.21. The standard InChI is InChI=1S/C2H5NO3/c4-1-3-2(5)6/h3-4H,1H2,(H,5,6). The van der Waals surface area contributed by atoms with Crippen LogP contribution in [-0.2, 0) is 0 Å². The fourth-order valence-corrected chi connectivity index (χ4v) is 0.0676. The second kappa shape index (κ2) is 2.47.